The summed E-state index contributed by atoms with van der Waals surface area (Å²) >= 11 is 6.85. The van der Waals surface area contributed by atoms with Crippen LogP contribution in [0.3, 0.4) is 0 Å². The van der Waals surface area contributed by atoms with Gasteiger partial charge in [-0.15, -0.1) is 12.4 Å². The highest BCUT2D eigenvalue weighted by atomic mass is 35.5. The largest absolute Gasteiger partial charge is 0.495 e. The molecule has 2 aromatic carbocycles. The molecule has 20 heteroatoms. The van der Waals surface area contributed by atoms with Crippen LogP contribution in [0, 0.1) is 28.9 Å². The molecule has 1 unspecified atom stereocenters. The van der Waals surface area contributed by atoms with Gasteiger partial charge in [-0.2, -0.15) is 0 Å². The number of hydrogen-bond acceptors (Lipinski definition) is 11. The third-order valence-corrected chi connectivity index (χ3v) is 13.9. The number of carbonyl (C=O) groups excluding carboxylic acids is 4. The molecule has 8 rings (SSSR count). The molecule has 3 aliphatic carbocycles. The number of ether oxygens (including phenoxy) is 4. The number of urea groups is 2. The summed E-state index contributed by atoms with van der Waals surface area (Å²) in [5.41, 5.74) is -2.05. The fourth-order valence-corrected chi connectivity index (χ4v) is 10.5. The topological polar surface area (TPSA) is 166 Å². The molecule has 3 saturated heterocycles. The zero-order valence-electron chi connectivity index (χ0n) is 37.2. The van der Waals surface area contributed by atoms with Gasteiger partial charge in [0.05, 0.1) is 44.0 Å². The molecule has 6 fully saturated rings. The Morgan fingerprint density at radius 3 is 2.27 bits per heavy atom. The Labute approximate surface area is 378 Å². The van der Waals surface area contributed by atoms with Crippen LogP contribution in [0.4, 0.5) is 18.4 Å². The predicted octanol–water partition coefficient (Wildman–Crippen LogP) is 6.26. The third kappa shape index (κ3) is 8.99. The lowest BCUT2D eigenvalue weighted by Crippen LogP contribution is -2.65. The zero-order chi connectivity index (χ0) is 45.1. The van der Waals surface area contributed by atoms with Gasteiger partial charge in [0.1, 0.15) is 28.8 Å². The van der Waals surface area contributed by atoms with Gasteiger partial charge < -0.3 is 49.1 Å². The molecule has 63 heavy (non-hydrogen) atoms. The monoisotopic (exact) mass is 923 g/mol. The number of methoxy groups -OCH3 is 3. The van der Waals surface area contributed by atoms with Crippen LogP contribution in [0.1, 0.15) is 94.8 Å². The molecule has 2 bridgehead atoms. The summed E-state index contributed by atoms with van der Waals surface area (Å²) in [7, 11) is 2.66. The van der Waals surface area contributed by atoms with Crippen LogP contribution in [0.15, 0.2) is 18.2 Å². The highest BCUT2D eigenvalue weighted by Gasteiger charge is 2.68. The minimum Gasteiger partial charge on any atom is -0.495 e. The Kier molecular flexibility index (Phi) is 14.1. The molecule has 3 heterocycles. The smallest absolute Gasteiger partial charge is 0.482 e. The van der Waals surface area contributed by atoms with Gasteiger partial charge in [0.15, 0.2) is 17.3 Å². The second kappa shape index (κ2) is 18.4. The quantitative estimate of drug-likeness (QED) is 0.163. The number of benzene rings is 2. The van der Waals surface area contributed by atoms with Crippen molar-refractivity contribution in [2.24, 2.45) is 17.3 Å². The van der Waals surface area contributed by atoms with E-state index < -0.39 is 71.4 Å². The molecule has 3 N–H and O–H groups in total. The Bertz CT molecular complexity index is 2110. The number of imide groups is 1. The van der Waals surface area contributed by atoms with Crippen molar-refractivity contribution in [3.8, 4) is 17.2 Å². The first kappa shape index (κ1) is 48.4. The Balaban J connectivity index is 0.00000661. The van der Waals surface area contributed by atoms with E-state index in [0.717, 1.165) is 55.8 Å². The second-order valence-electron chi connectivity index (χ2n) is 18.6. The van der Waals surface area contributed by atoms with Gasteiger partial charge in [0.2, 0.25) is 5.91 Å². The second-order valence-corrected chi connectivity index (χ2v) is 19.0. The minimum atomic E-state index is -1.73. The van der Waals surface area contributed by atoms with Crippen LogP contribution in [0.25, 0.3) is 0 Å². The number of hydrogen-bond donors (Lipinski definition) is 3. The van der Waals surface area contributed by atoms with Gasteiger partial charge in [-0.05, 0) is 108 Å². The first-order valence-electron chi connectivity index (χ1n) is 21.2. The van der Waals surface area contributed by atoms with Crippen molar-refractivity contribution in [2.45, 2.75) is 109 Å². The number of halogens is 4. The lowest BCUT2D eigenvalue weighted by Gasteiger charge is -2.64. The summed E-state index contributed by atoms with van der Waals surface area (Å²) in [5.74, 6) is -4.88. The summed E-state index contributed by atoms with van der Waals surface area (Å²) < 4.78 is 66.6. The van der Waals surface area contributed by atoms with Crippen molar-refractivity contribution >= 4 is 55.1 Å². The molecular formula is C43H58BCl2F2N5O10. The zero-order valence-corrected chi connectivity index (χ0v) is 38.7. The van der Waals surface area contributed by atoms with E-state index >= 15 is 8.78 Å². The standard InChI is InChI=1S/C43H57BClF2N5O10.ClH/c1-41(2,3)60-38(54)31-26(46)11-10-22(34(31)57-7)18-30(44-61-29-20-23-19-28(42(23,4)5)43(29,6)62-44)49-37(53)33(25-21-27(47)35(58-8)36(59-9)32(25)45)50-39(55)52-17-16-51(40(52)56)24-12-14-48-15-13-24;/h10-11,21,23-24,28-30,33,48H,12-20H2,1-9H3,(H,49,53)(H,50,55);1H/t23-,28-,29+,30-,33?,43-;/m0./s1. The van der Waals surface area contributed by atoms with Crippen molar-refractivity contribution in [1.82, 2.24) is 25.8 Å². The fourth-order valence-electron chi connectivity index (χ4n) is 10.2. The van der Waals surface area contributed by atoms with Crippen molar-refractivity contribution in [2.75, 3.05) is 47.5 Å². The van der Waals surface area contributed by atoms with Gasteiger partial charge in [0.25, 0.3) is 0 Å². The molecule has 3 aliphatic heterocycles. The van der Waals surface area contributed by atoms with Crippen LogP contribution >= 0.6 is 24.0 Å². The number of rotatable bonds is 12. The van der Waals surface area contributed by atoms with Gasteiger partial charge in [-0.1, -0.05) is 31.5 Å². The van der Waals surface area contributed by atoms with E-state index in [2.05, 4.69) is 29.8 Å². The highest BCUT2D eigenvalue weighted by Crippen LogP contribution is 2.66. The van der Waals surface area contributed by atoms with E-state index in [1.165, 1.54) is 27.4 Å². The summed E-state index contributed by atoms with van der Waals surface area (Å²) in [4.78, 5) is 58.9. The predicted molar refractivity (Wildman–Crippen MR) is 232 cm³/mol. The first-order chi connectivity index (χ1) is 29.2. The van der Waals surface area contributed by atoms with Gasteiger partial charge in [-0.25, -0.2) is 28.1 Å². The van der Waals surface area contributed by atoms with Crippen molar-refractivity contribution in [3.63, 3.8) is 0 Å². The summed E-state index contributed by atoms with van der Waals surface area (Å²) in [6.07, 6.45) is 2.63. The molecule has 0 aromatic heterocycles. The van der Waals surface area contributed by atoms with Crippen molar-refractivity contribution < 1.29 is 56.2 Å². The minimum absolute atomic E-state index is 0. The Morgan fingerprint density at radius 2 is 1.65 bits per heavy atom. The van der Waals surface area contributed by atoms with E-state index in [1.54, 1.807) is 25.7 Å². The van der Waals surface area contributed by atoms with Crippen molar-refractivity contribution in [1.29, 1.82) is 0 Å². The number of piperidine rings is 1. The average Bonchev–Trinajstić information content (AvgIpc) is 3.79. The van der Waals surface area contributed by atoms with Gasteiger partial charge in [0, 0.05) is 24.7 Å². The fraction of sp³-hybridized carbons (Fsp3) is 0.628. The summed E-state index contributed by atoms with van der Waals surface area (Å²) in [6, 6.07) is 0.267. The molecule has 3 saturated carbocycles. The maximum Gasteiger partial charge on any atom is 0.482 e. The maximum atomic E-state index is 15.8. The van der Waals surface area contributed by atoms with Crippen LogP contribution in [0.5, 0.6) is 17.2 Å². The first-order valence-corrected chi connectivity index (χ1v) is 21.5. The average molecular weight is 925 g/mol. The van der Waals surface area contributed by atoms with E-state index in [0.29, 0.717) is 18.0 Å². The van der Waals surface area contributed by atoms with E-state index in [4.69, 9.17) is 39.9 Å². The van der Waals surface area contributed by atoms with Crippen LogP contribution in [0.2, 0.25) is 5.02 Å². The third-order valence-electron chi connectivity index (χ3n) is 13.5. The summed E-state index contributed by atoms with van der Waals surface area (Å²) in [5, 5.41) is 8.66. The Hall–Kier alpha value is -4.10. The van der Waals surface area contributed by atoms with E-state index in [9.17, 15) is 19.2 Å². The highest BCUT2D eigenvalue weighted by molar-refractivity contribution is 6.48. The Morgan fingerprint density at radius 1 is 0.984 bits per heavy atom. The number of amides is 5. The summed E-state index contributed by atoms with van der Waals surface area (Å²) in [6.45, 7) is 13.2. The van der Waals surface area contributed by atoms with Gasteiger partial charge >= 0.3 is 25.1 Å². The lowest BCUT2D eigenvalue weighted by molar-refractivity contribution is -0.199. The van der Waals surface area contributed by atoms with Crippen LogP contribution < -0.4 is 30.2 Å². The number of esters is 1. The lowest BCUT2D eigenvalue weighted by atomic mass is 9.43. The molecule has 0 radical (unpaired) electrons. The van der Waals surface area contributed by atoms with E-state index in [1.807, 2.05) is 6.92 Å². The molecular weight excluding hydrogens is 866 g/mol. The SMILES string of the molecule is COc1c(F)cc(C(NC(=O)N2CCN(C3CCNCC3)C2=O)C(=O)N[C@@H](Cc2ccc(F)c(C(=O)OC(C)(C)C)c2OC)B2O[C@@H]3C[C@@H]4C[C@@H](C4(C)C)[C@]3(C)O2)c(Cl)c1OC.Cl. The maximum absolute atomic E-state index is 15.8. The molecule has 6 aliphatic rings. The molecule has 6 atom stereocenters. The van der Waals surface area contributed by atoms with Crippen LogP contribution in [-0.4, -0.2) is 118 Å². The normalized spacial score (nSPS) is 25.0. The molecule has 2 aromatic rings. The molecule has 346 valence electrons. The van der Waals surface area contributed by atoms with E-state index in [-0.39, 0.29) is 76.7 Å². The molecule has 5 amide bonds. The van der Waals surface area contributed by atoms with Crippen LogP contribution in [-0.2, 0) is 25.3 Å². The number of nitrogens with zero attached hydrogens (tertiary/aromatic N) is 2. The molecule has 15 nitrogen and oxygen atoms in total. The van der Waals surface area contributed by atoms with Gasteiger partial charge in [-0.3, -0.25) is 4.79 Å². The number of nitrogens with one attached hydrogen (secondary N) is 3. The molecule has 0 spiro atoms. The number of carbonyl (C=O) groups is 4. The van der Waals surface area contributed by atoms with Crippen molar-refractivity contribution in [3.05, 3.63) is 51.5 Å².